The highest BCUT2D eigenvalue weighted by Gasteiger charge is 2.17. The summed E-state index contributed by atoms with van der Waals surface area (Å²) in [5.41, 5.74) is 0. The average Bonchev–Trinajstić information content (AvgIpc) is 3.05. The Kier molecular flexibility index (Phi) is 35.9. The second-order valence-corrected chi connectivity index (χ2v) is 14.4. The summed E-state index contributed by atoms with van der Waals surface area (Å²) >= 11 is 0. The van der Waals surface area contributed by atoms with E-state index in [4.69, 9.17) is 9.47 Å². The van der Waals surface area contributed by atoms with Gasteiger partial charge < -0.3 is 9.47 Å². The highest BCUT2D eigenvalue weighted by Crippen LogP contribution is 2.20. The summed E-state index contributed by atoms with van der Waals surface area (Å²) in [7, 11) is 0. The molecule has 0 bridgehead atoms. The number of esters is 2. The highest BCUT2D eigenvalue weighted by molar-refractivity contribution is 5.70. The molecule has 0 heterocycles. The smallest absolute Gasteiger partial charge is 0.306 e. The van der Waals surface area contributed by atoms with Gasteiger partial charge in [0.1, 0.15) is 12.2 Å². The molecule has 2 atom stereocenters. The van der Waals surface area contributed by atoms with Gasteiger partial charge in [-0.2, -0.15) is 0 Å². The fourth-order valence-corrected chi connectivity index (χ4v) is 6.52. The first kappa shape index (κ1) is 44.9. The molecule has 4 heteroatoms. The van der Waals surface area contributed by atoms with E-state index in [2.05, 4.69) is 27.7 Å². The number of hydrogen-bond donors (Lipinski definition) is 0. The molecule has 0 saturated heterocycles. The van der Waals surface area contributed by atoms with E-state index in [1.807, 2.05) is 0 Å². The Hall–Kier alpha value is -1.06. The topological polar surface area (TPSA) is 52.6 Å². The Bertz CT molecular complexity index is 579. The molecule has 46 heavy (non-hydrogen) atoms. The molecule has 2 unspecified atom stereocenters. The van der Waals surface area contributed by atoms with Crippen molar-refractivity contribution in [2.24, 2.45) is 0 Å². The number of unbranched alkanes of at least 4 members (excludes halogenated alkanes) is 23. The molecule has 0 spiro atoms. The molecule has 0 fully saturated rings. The summed E-state index contributed by atoms with van der Waals surface area (Å²) in [6, 6.07) is 0. The number of rotatable bonds is 37. The van der Waals surface area contributed by atoms with Crippen molar-refractivity contribution in [1.29, 1.82) is 0 Å². The summed E-state index contributed by atoms with van der Waals surface area (Å²) in [6.45, 7) is 9.03. The fourth-order valence-electron chi connectivity index (χ4n) is 6.52. The van der Waals surface area contributed by atoms with Crippen molar-refractivity contribution in [2.75, 3.05) is 0 Å². The minimum Gasteiger partial charge on any atom is -0.462 e. The Morgan fingerprint density at radius 3 is 0.783 bits per heavy atom. The molecule has 0 rings (SSSR count). The summed E-state index contributed by atoms with van der Waals surface area (Å²) in [6.07, 6.45) is 39.6. The SMILES string of the molecule is CCCCCCCCCCC(CCCCCCC)OC(=O)CCCCC(=O)OC(CCCCCCC)CCCCCCCCCC. The Labute approximate surface area is 288 Å². The average molecular weight is 651 g/mol. The lowest BCUT2D eigenvalue weighted by Crippen LogP contribution is -2.19. The van der Waals surface area contributed by atoms with Gasteiger partial charge in [-0.25, -0.2) is 0 Å². The summed E-state index contributed by atoms with van der Waals surface area (Å²) in [5, 5.41) is 0. The van der Waals surface area contributed by atoms with Crippen LogP contribution in [0.3, 0.4) is 0 Å². The van der Waals surface area contributed by atoms with E-state index in [-0.39, 0.29) is 24.1 Å². The van der Waals surface area contributed by atoms with Crippen LogP contribution in [0, 0.1) is 0 Å². The third-order valence-corrected chi connectivity index (χ3v) is 9.63. The number of hydrogen-bond acceptors (Lipinski definition) is 4. The van der Waals surface area contributed by atoms with E-state index in [0.29, 0.717) is 25.7 Å². The van der Waals surface area contributed by atoms with Gasteiger partial charge >= 0.3 is 11.9 Å². The van der Waals surface area contributed by atoms with Crippen LogP contribution in [0.25, 0.3) is 0 Å². The van der Waals surface area contributed by atoms with E-state index in [1.54, 1.807) is 0 Å². The van der Waals surface area contributed by atoms with Crippen LogP contribution in [-0.4, -0.2) is 24.1 Å². The zero-order valence-corrected chi connectivity index (χ0v) is 31.8. The molecule has 274 valence electrons. The lowest BCUT2D eigenvalue weighted by molar-refractivity contribution is -0.152. The van der Waals surface area contributed by atoms with Crippen LogP contribution in [0.5, 0.6) is 0 Å². The van der Waals surface area contributed by atoms with E-state index in [1.165, 1.54) is 141 Å². The van der Waals surface area contributed by atoms with E-state index in [0.717, 1.165) is 51.4 Å². The second-order valence-electron chi connectivity index (χ2n) is 14.4. The first-order valence-electron chi connectivity index (χ1n) is 21.0. The monoisotopic (exact) mass is 651 g/mol. The number of carbonyl (C=O) groups excluding carboxylic acids is 2. The molecule has 0 aliphatic heterocycles. The van der Waals surface area contributed by atoms with Crippen LogP contribution in [0.2, 0.25) is 0 Å². The molecule has 0 saturated carbocycles. The van der Waals surface area contributed by atoms with Crippen LogP contribution in [-0.2, 0) is 19.1 Å². The first-order chi connectivity index (χ1) is 22.6. The summed E-state index contributed by atoms with van der Waals surface area (Å²) < 4.78 is 12.0. The van der Waals surface area contributed by atoms with Crippen molar-refractivity contribution < 1.29 is 19.1 Å². The van der Waals surface area contributed by atoms with Gasteiger partial charge in [-0.3, -0.25) is 9.59 Å². The third kappa shape index (κ3) is 32.9. The summed E-state index contributed by atoms with van der Waals surface area (Å²) in [4.78, 5) is 25.5. The van der Waals surface area contributed by atoms with Crippen molar-refractivity contribution >= 4 is 11.9 Å². The van der Waals surface area contributed by atoms with Gasteiger partial charge in [0.25, 0.3) is 0 Å². The molecule has 0 aliphatic rings. The van der Waals surface area contributed by atoms with Gasteiger partial charge in [0, 0.05) is 12.8 Å². The molecule has 4 nitrogen and oxygen atoms in total. The molecule has 0 radical (unpaired) electrons. The maximum absolute atomic E-state index is 12.7. The van der Waals surface area contributed by atoms with Gasteiger partial charge in [0.15, 0.2) is 0 Å². The minimum atomic E-state index is -0.0776. The maximum Gasteiger partial charge on any atom is 0.306 e. The lowest BCUT2D eigenvalue weighted by atomic mass is 10.0. The fraction of sp³-hybridized carbons (Fsp3) is 0.952. The van der Waals surface area contributed by atoms with Crippen molar-refractivity contribution in [3.05, 3.63) is 0 Å². The van der Waals surface area contributed by atoms with Crippen LogP contribution in [0.4, 0.5) is 0 Å². The molecule has 0 aliphatic carbocycles. The summed E-state index contributed by atoms with van der Waals surface area (Å²) in [5.74, 6) is -0.155. The normalized spacial score (nSPS) is 12.7. The van der Waals surface area contributed by atoms with E-state index in [9.17, 15) is 9.59 Å². The zero-order chi connectivity index (χ0) is 33.8. The van der Waals surface area contributed by atoms with Gasteiger partial charge in [-0.05, 0) is 64.2 Å². The molecular weight excluding hydrogens is 568 g/mol. The van der Waals surface area contributed by atoms with Crippen LogP contribution < -0.4 is 0 Å². The second kappa shape index (κ2) is 36.8. The molecular formula is C42H82O4. The Morgan fingerprint density at radius 2 is 0.543 bits per heavy atom. The molecule has 0 N–H and O–H groups in total. The Balaban J connectivity index is 4.43. The minimum absolute atomic E-state index is 0.0635. The largest absolute Gasteiger partial charge is 0.462 e. The predicted molar refractivity (Wildman–Crippen MR) is 199 cm³/mol. The first-order valence-corrected chi connectivity index (χ1v) is 21.0. The maximum atomic E-state index is 12.7. The van der Waals surface area contributed by atoms with Crippen molar-refractivity contribution in [2.45, 2.75) is 258 Å². The molecule has 0 aromatic rings. The lowest BCUT2D eigenvalue weighted by Gasteiger charge is -2.19. The van der Waals surface area contributed by atoms with Crippen LogP contribution in [0.1, 0.15) is 246 Å². The van der Waals surface area contributed by atoms with Crippen molar-refractivity contribution in [3.8, 4) is 0 Å². The van der Waals surface area contributed by atoms with Crippen molar-refractivity contribution in [3.63, 3.8) is 0 Å². The highest BCUT2D eigenvalue weighted by atomic mass is 16.5. The Morgan fingerprint density at radius 1 is 0.326 bits per heavy atom. The van der Waals surface area contributed by atoms with E-state index >= 15 is 0 Å². The predicted octanol–water partition coefficient (Wildman–Crippen LogP) is 14.2. The quantitative estimate of drug-likeness (QED) is 0.0496. The van der Waals surface area contributed by atoms with Crippen LogP contribution >= 0.6 is 0 Å². The number of carbonyl (C=O) groups is 2. The number of ether oxygens (including phenoxy) is 2. The van der Waals surface area contributed by atoms with Crippen molar-refractivity contribution in [1.82, 2.24) is 0 Å². The van der Waals surface area contributed by atoms with Gasteiger partial charge in [0.2, 0.25) is 0 Å². The van der Waals surface area contributed by atoms with Gasteiger partial charge in [-0.15, -0.1) is 0 Å². The molecule has 0 aromatic carbocycles. The molecule has 0 aromatic heterocycles. The zero-order valence-electron chi connectivity index (χ0n) is 31.8. The standard InChI is InChI=1S/C42H82O4/c1-5-9-13-17-19-21-25-29-35-39(33-27-23-15-11-7-3)45-41(43)37-31-32-38-42(44)46-40(34-28-24-16-12-8-4)36-30-26-22-20-18-14-10-6-2/h39-40H,5-38H2,1-4H3. The third-order valence-electron chi connectivity index (χ3n) is 9.63. The van der Waals surface area contributed by atoms with Crippen LogP contribution in [0.15, 0.2) is 0 Å². The van der Waals surface area contributed by atoms with Gasteiger partial charge in [0.05, 0.1) is 0 Å². The van der Waals surface area contributed by atoms with E-state index < -0.39 is 0 Å². The van der Waals surface area contributed by atoms with Gasteiger partial charge in [-0.1, -0.05) is 169 Å². The molecule has 0 amide bonds.